The maximum atomic E-state index is 5.45. The van der Waals surface area contributed by atoms with Gasteiger partial charge in [0.2, 0.25) is 0 Å². The molecule has 2 aromatic carbocycles. The van der Waals surface area contributed by atoms with Crippen molar-refractivity contribution in [3.63, 3.8) is 0 Å². The lowest BCUT2D eigenvalue weighted by molar-refractivity contribution is 0.134. The minimum absolute atomic E-state index is 0.711. The molecule has 2 heterocycles. The number of aryl methyl sites for hydroxylation is 1. The van der Waals surface area contributed by atoms with Crippen molar-refractivity contribution >= 4 is 11.0 Å². The molecule has 1 aliphatic heterocycles. The first-order valence-electron chi connectivity index (χ1n) is 6.46. The van der Waals surface area contributed by atoms with Crippen molar-refractivity contribution in [1.29, 1.82) is 0 Å². The minimum Gasteiger partial charge on any atom is -0.372 e. The number of para-hydroxylation sites is 1. The Morgan fingerprint density at radius 2 is 2.00 bits per heavy atom. The largest absolute Gasteiger partial charge is 0.372 e. The third-order valence-corrected chi connectivity index (χ3v) is 3.71. The first-order valence-corrected chi connectivity index (χ1v) is 6.46. The number of benzene rings is 2. The summed E-state index contributed by atoms with van der Waals surface area (Å²) in [6.45, 7) is 3.53. The molecule has 0 fully saturated rings. The number of fused-ring (bicyclic) bond motifs is 2. The van der Waals surface area contributed by atoms with Gasteiger partial charge in [0, 0.05) is 5.56 Å². The van der Waals surface area contributed by atoms with Gasteiger partial charge in [0.1, 0.15) is 5.82 Å². The Morgan fingerprint density at radius 3 is 2.89 bits per heavy atom. The van der Waals surface area contributed by atoms with Crippen LogP contribution in [-0.2, 0) is 18.0 Å². The van der Waals surface area contributed by atoms with Crippen LogP contribution >= 0.6 is 0 Å². The fourth-order valence-electron chi connectivity index (χ4n) is 2.63. The number of aromatic amines is 1. The van der Waals surface area contributed by atoms with Crippen LogP contribution < -0.4 is 0 Å². The van der Waals surface area contributed by atoms with Gasteiger partial charge in [-0.05, 0) is 35.7 Å². The average Bonchev–Trinajstić information content (AvgIpc) is 3.04. The van der Waals surface area contributed by atoms with Crippen molar-refractivity contribution in [2.45, 2.75) is 20.1 Å². The Kier molecular flexibility index (Phi) is 2.23. The summed E-state index contributed by atoms with van der Waals surface area (Å²) in [6.07, 6.45) is 0. The lowest BCUT2D eigenvalue weighted by atomic mass is 10.1. The summed E-state index contributed by atoms with van der Waals surface area (Å²) in [5.41, 5.74) is 7.02. The lowest BCUT2D eigenvalue weighted by Gasteiger charge is -2.00. The van der Waals surface area contributed by atoms with Gasteiger partial charge in [-0.25, -0.2) is 4.98 Å². The van der Waals surface area contributed by atoms with E-state index in [2.05, 4.69) is 48.3 Å². The molecular weight excluding hydrogens is 236 g/mol. The van der Waals surface area contributed by atoms with Crippen LogP contribution in [-0.4, -0.2) is 9.97 Å². The molecule has 19 heavy (non-hydrogen) atoms. The van der Waals surface area contributed by atoms with Gasteiger partial charge in [-0.2, -0.15) is 0 Å². The number of aromatic nitrogens is 2. The molecule has 0 saturated carbocycles. The van der Waals surface area contributed by atoms with Crippen LogP contribution in [0.1, 0.15) is 16.7 Å². The molecule has 0 bridgehead atoms. The summed E-state index contributed by atoms with van der Waals surface area (Å²) in [6, 6.07) is 12.6. The van der Waals surface area contributed by atoms with E-state index in [1.54, 1.807) is 0 Å². The highest BCUT2D eigenvalue weighted by molar-refractivity contribution is 5.82. The zero-order chi connectivity index (χ0) is 12.8. The highest BCUT2D eigenvalue weighted by atomic mass is 16.5. The van der Waals surface area contributed by atoms with Gasteiger partial charge in [0.05, 0.1) is 24.2 Å². The third-order valence-electron chi connectivity index (χ3n) is 3.71. The summed E-state index contributed by atoms with van der Waals surface area (Å²) < 4.78 is 5.45. The molecular formula is C16H14N2O. The first kappa shape index (κ1) is 10.8. The highest BCUT2D eigenvalue weighted by Gasteiger charge is 2.13. The molecule has 0 unspecified atom stereocenters. The van der Waals surface area contributed by atoms with Gasteiger partial charge in [-0.1, -0.05) is 24.3 Å². The molecule has 94 valence electrons. The van der Waals surface area contributed by atoms with Crippen molar-refractivity contribution in [2.24, 2.45) is 0 Å². The van der Waals surface area contributed by atoms with Crippen molar-refractivity contribution < 1.29 is 4.74 Å². The smallest absolute Gasteiger partial charge is 0.138 e. The van der Waals surface area contributed by atoms with Crippen molar-refractivity contribution in [3.8, 4) is 11.4 Å². The zero-order valence-corrected chi connectivity index (χ0v) is 10.7. The van der Waals surface area contributed by atoms with E-state index in [9.17, 15) is 0 Å². The van der Waals surface area contributed by atoms with Gasteiger partial charge in [0.15, 0.2) is 0 Å². The molecule has 0 radical (unpaired) electrons. The number of nitrogens with one attached hydrogen (secondary N) is 1. The van der Waals surface area contributed by atoms with Crippen LogP contribution in [0.4, 0.5) is 0 Å². The topological polar surface area (TPSA) is 37.9 Å². The second-order valence-corrected chi connectivity index (χ2v) is 5.03. The van der Waals surface area contributed by atoms with E-state index in [0.29, 0.717) is 6.61 Å². The monoisotopic (exact) mass is 250 g/mol. The number of imidazole rings is 1. The average molecular weight is 250 g/mol. The van der Waals surface area contributed by atoms with Crippen molar-refractivity contribution in [1.82, 2.24) is 9.97 Å². The molecule has 0 spiro atoms. The predicted molar refractivity (Wildman–Crippen MR) is 74.8 cm³/mol. The van der Waals surface area contributed by atoms with Gasteiger partial charge < -0.3 is 9.72 Å². The molecule has 4 rings (SSSR count). The van der Waals surface area contributed by atoms with E-state index in [0.717, 1.165) is 29.0 Å². The van der Waals surface area contributed by atoms with Crippen LogP contribution in [0.25, 0.3) is 22.4 Å². The van der Waals surface area contributed by atoms with Gasteiger partial charge in [0.25, 0.3) is 0 Å². The number of hydrogen-bond donors (Lipinski definition) is 1. The quantitative estimate of drug-likeness (QED) is 0.717. The van der Waals surface area contributed by atoms with Gasteiger partial charge >= 0.3 is 0 Å². The summed E-state index contributed by atoms with van der Waals surface area (Å²) in [7, 11) is 0. The number of rotatable bonds is 1. The molecule has 0 aliphatic carbocycles. The molecule has 0 amide bonds. The molecule has 3 aromatic rings. The van der Waals surface area contributed by atoms with Crippen molar-refractivity contribution in [3.05, 3.63) is 53.1 Å². The molecule has 3 heteroatoms. The maximum Gasteiger partial charge on any atom is 0.138 e. The second kappa shape index (κ2) is 3.93. The maximum absolute atomic E-state index is 5.45. The Bertz CT molecular complexity index is 774. The van der Waals surface area contributed by atoms with E-state index in [1.165, 1.54) is 16.7 Å². The van der Waals surface area contributed by atoms with Gasteiger partial charge in [-0.3, -0.25) is 0 Å². The Hall–Kier alpha value is -2.13. The molecule has 1 N–H and O–H groups in total. The molecule has 0 saturated heterocycles. The van der Waals surface area contributed by atoms with E-state index >= 15 is 0 Å². The summed E-state index contributed by atoms with van der Waals surface area (Å²) in [4.78, 5) is 8.10. The predicted octanol–water partition coefficient (Wildman–Crippen LogP) is 3.57. The van der Waals surface area contributed by atoms with Crippen LogP contribution in [0, 0.1) is 6.92 Å². The summed E-state index contributed by atoms with van der Waals surface area (Å²) in [5, 5.41) is 0. The Balaban J connectivity index is 1.88. The van der Waals surface area contributed by atoms with E-state index in [4.69, 9.17) is 9.72 Å². The fraction of sp³-hybridized carbons (Fsp3) is 0.188. The van der Waals surface area contributed by atoms with Crippen molar-refractivity contribution in [2.75, 3.05) is 0 Å². The molecule has 3 nitrogen and oxygen atoms in total. The Morgan fingerprint density at radius 1 is 1.11 bits per heavy atom. The lowest BCUT2D eigenvalue weighted by Crippen LogP contribution is -1.86. The number of nitrogens with zero attached hydrogens (tertiary/aromatic N) is 1. The molecule has 1 aromatic heterocycles. The highest BCUT2D eigenvalue weighted by Crippen LogP contribution is 2.27. The summed E-state index contributed by atoms with van der Waals surface area (Å²) in [5.74, 6) is 0.930. The molecule has 0 atom stereocenters. The number of hydrogen-bond acceptors (Lipinski definition) is 2. The zero-order valence-electron chi connectivity index (χ0n) is 10.7. The standard InChI is InChI=1S/C16H14N2O/c1-10-3-2-4-14-15(10)18-16(17-14)11-5-6-12-8-19-9-13(12)7-11/h2-7H,8-9H2,1H3,(H,17,18). The van der Waals surface area contributed by atoms with Crippen LogP contribution in [0.3, 0.4) is 0 Å². The third kappa shape index (κ3) is 1.66. The summed E-state index contributed by atoms with van der Waals surface area (Å²) >= 11 is 0. The minimum atomic E-state index is 0.711. The normalized spacial score (nSPS) is 13.9. The first-order chi connectivity index (χ1) is 9.31. The van der Waals surface area contributed by atoms with Gasteiger partial charge in [-0.15, -0.1) is 0 Å². The van der Waals surface area contributed by atoms with E-state index in [-0.39, 0.29) is 0 Å². The number of H-pyrrole nitrogens is 1. The van der Waals surface area contributed by atoms with E-state index < -0.39 is 0 Å². The van der Waals surface area contributed by atoms with E-state index in [1.807, 2.05) is 0 Å². The van der Waals surface area contributed by atoms with Crippen LogP contribution in [0.2, 0.25) is 0 Å². The fourth-order valence-corrected chi connectivity index (χ4v) is 2.63. The Labute approximate surface area is 111 Å². The molecule has 1 aliphatic rings. The van der Waals surface area contributed by atoms with Crippen LogP contribution in [0.5, 0.6) is 0 Å². The second-order valence-electron chi connectivity index (χ2n) is 5.03. The number of ether oxygens (including phenoxy) is 1. The van der Waals surface area contributed by atoms with Crippen LogP contribution in [0.15, 0.2) is 36.4 Å². The SMILES string of the molecule is Cc1cccc2[nH]c(-c3ccc4c(c3)COC4)nc12.